The summed E-state index contributed by atoms with van der Waals surface area (Å²) in [4.78, 5) is 2.12. The van der Waals surface area contributed by atoms with E-state index in [2.05, 4.69) is 4.90 Å². The van der Waals surface area contributed by atoms with Crippen molar-refractivity contribution in [2.45, 2.75) is 25.0 Å². The van der Waals surface area contributed by atoms with Gasteiger partial charge in [0.05, 0.1) is 11.0 Å². The molecule has 0 unspecified atom stereocenters. The molecule has 1 heterocycles. The predicted molar refractivity (Wildman–Crippen MR) is 74.4 cm³/mol. The molecule has 0 spiro atoms. The summed E-state index contributed by atoms with van der Waals surface area (Å²) >= 11 is 0. The minimum atomic E-state index is -2.94. The van der Waals surface area contributed by atoms with E-state index in [0.29, 0.717) is 31.5 Å². The highest BCUT2D eigenvalue weighted by Crippen LogP contribution is 2.14. The Labute approximate surface area is 114 Å². The fourth-order valence-electron chi connectivity index (χ4n) is 2.32. The summed E-state index contributed by atoms with van der Waals surface area (Å²) in [6.45, 7) is 3.81. The van der Waals surface area contributed by atoms with E-state index in [1.807, 2.05) is 6.07 Å². The fourth-order valence-corrected chi connectivity index (χ4v) is 3.70. The van der Waals surface area contributed by atoms with Gasteiger partial charge in [-0.3, -0.25) is 0 Å². The minimum Gasteiger partial charge on any atom is -0.302 e. The Morgan fingerprint density at radius 1 is 1.32 bits per heavy atom. The first kappa shape index (κ1) is 14.5. The van der Waals surface area contributed by atoms with Crippen molar-refractivity contribution in [3.8, 4) is 0 Å². The van der Waals surface area contributed by atoms with Crippen molar-refractivity contribution in [3.05, 3.63) is 35.6 Å². The first-order chi connectivity index (χ1) is 8.99. The number of hydrogen-bond acceptors (Lipinski definition) is 3. The van der Waals surface area contributed by atoms with Gasteiger partial charge in [-0.1, -0.05) is 18.2 Å². The summed E-state index contributed by atoms with van der Waals surface area (Å²) in [5.41, 5.74) is 0.697. The normalized spacial score (nSPS) is 24.0. The van der Waals surface area contributed by atoms with Crippen LogP contribution in [0.25, 0.3) is 0 Å². The van der Waals surface area contributed by atoms with E-state index < -0.39 is 9.84 Å². The van der Waals surface area contributed by atoms with Gasteiger partial charge in [-0.15, -0.1) is 0 Å². The molecule has 1 atom stereocenters. The van der Waals surface area contributed by atoms with Gasteiger partial charge in [-0.2, -0.15) is 0 Å². The molecule has 2 rings (SSSR count). The van der Waals surface area contributed by atoms with Gasteiger partial charge in [0.1, 0.15) is 5.82 Å². The number of halogens is 1. The topological polar surface area (TPSA) is 37.4 Å². The lowest BCUT2D eigenvalue weighted by atomic mass is 10.1. The second-order valence-corrected chi connectivity index (χ2v) is 7.69. The standard InChI is InChI=1S/C14H20FNO2S/c1-12-6-8-16(10-11-19(12,17)18)9-7-13-4-2-3-5-14(13)15/h2-5,12H,6-11H2,1H3/t12-/m1/s1. The van der Waals surface area contributed by atoms with Crippen molar-refractivity contribution < 1.29 is 12.8 Å². The minimum absolute atomic E-state index is 0.182. The first-order valence-corrected chi connectivity index (χ1v) is 8.38. The highest BCUT2D eigenvalue weighted by Gasteiger charge is 2.25. The molecular weight excluding hydrogens is 265 g/mol. The number of nitrogens with zero attached hydrogens (tertiary/aromatic N) is 1. The lowest BCUT2D eigenvalue weighted by molar-refractivity contribution is 0.294. The lowest BCUT2D eigenvalue weighted by Gasteiger charge is -2.19. The molecule has 1 aliphatic heterocycles. The van der Waals surface area contributed by atoms with Crippen molar-refractivity contribution in [1.29, 1.82) is 0 Å². The lowest BCUT2D eigenvalue weighted by Crippen LogP contribution is -2.29. The van der Waals surface area contributed by atoms with Gasteiger partial charge >= 0.3 is 0 Å². The molecule has 0 bridgehead atoms. The number of rotatable bonds is 3. The molecule has 1 fully saturated rings. The summed E-state index contributed by atoms with van der Waals surface area (Å²) in [7, 11) is -2.94. The zero-order valence-electron chi connectivity index (χ0n) is 11.2. The van der Waals surface area contributed by atoms with E-state index in [1.165, 1.54) is 6.07 Å². The molecule has 1 aliphatic rings. The number of sulfone groups is 1. The van der Waals surface area contributed by atoms with Gasteiger partial charge in [0, 0.05) is 13.1 Å². The summed E-state index contributed by atoms with van der Waals surface area (Å²) in [6, 6.07) is 6.75. The Bertz CT molecular complexity index is 530. The van der Waals surface area contributed by atoms with Crippen LogP contribution in [-0.4, -0.2) is 44.0 Å². The quantitative estimate of drug-likeness (QED) is 0.851. The first-order valence-electron chi connectivity index (χ1n) is 6.66. The molecule has 1 aromatic rings. The maximum atomic E-state index is 13.5. The van der Waals surface area contributed by atoms with Crippen LogP contribution in [0.4, 0.5) is 4.39 Å². The molecule has 1 aromatic carbocycles. The van der Waals surface area contributed by atoms with Crippen LogP contribution in [0, 0.1) is 5.82 Å². The van der Waals surface area contributed by atoms with E-state index in [0.717, 1.165) is 6.54 Å². The largest absolute Gasteiger partial charge is 0.302 e. The third kappa shape index (κ3) is 3.76. The highest BCUT2D eigenvalue weighted by atomic mass is 32.2. The molecule has 0 saturated carbocycles. The molecular formula is C14H20FNO2S. The molecule has 5 heteroatoms. The Hall–Kier alpha value is -0.940. The molecule has 3 nitrogen and oxygen atoms in total. The van der Waals surface area contributed by atoms with Gasteiger partial charge in [0.25, 0.3) is 0 Å². The van der Waals surface area contributed by atoms with Crippen molar-refractivity contribution in [1.82, 2.24) is 4.90 Å². The van der Waals surface area contributed by atoms with E-state index in [1.54, 1.807) is 19.1 Å². The third-order valence-electron chi connectivity index (χ3n) is 3.81. The molecule has 0 aromatic heterocycles. The van der Waals surface area contributed by atoms with Gasteiger partial charge in [-0.05, 0) is 37.9 Å². The average molecular weight is 285 g/mol. The summed E-state index contributed by atoms with van der Waals surface area (Å²) in [6.07, 6.45) is 1.29. The van der Waals surface area contributed by atoms with Crippen LogP contribution in [0.2, 0.25) is 0 Å². The van der Waals surface area contributed by atoms with Crippen molar-refractivity contribution in [2.24, 2.45) is 0 Å². The Morgan fingerprint density at radius 3 is 2.79 bits per heavy atom. The molecule has 106 valence electrons. The maximum absolute atomic E-state index is 13.5. The van der Waals surface area contributed by atoms with Crippen LogP contribution in [0.3, 0.4) is 0 Å². The van der Waals surface area contributed by atoms with Crippen molar-refractivity contribution >= 4 is 9.84 Å². The van der Waals surface area contributed by atoms with Crippen LogP contribution in [0.15, 0.2) is 24.3 Å². The van der Waals surface area contributed by atoms with Gasteiger partial charge < -0.3 is 4.90 Å². The number of benzene rings is 1. The molecule has 0 aliphatic carbocycles. The van der Waals surface area contributed by atoms with Crippen LogP contribution in [-0.2, 0) is 16.3 Å². The molecule has 1 saturated heterocycles. The Morgan fingerprint density at radius 2 is 2.05 bits per heavy atom. The monoisotopic (exact) mass is 285 g/mol. The Balaban J connectivity index is 1.93. The highest BCUT2D eigenvalue weighted by molar-refractivity contribution is 7.92. The van der Waals surface area contributed by atoms with Gasteiger partial charge in [0.2, 0.25) is 0 Å². The molecule has 0 radical (unpaired) electrons. The molecule has 0 amide bonds. The SMILES string of the molecule is C[C@@H]1CCN(CCc2ccccc2F)CCS1(=O)=O. The van der Waals surface area contributed by atoms with Crippen molar-refractivity contribution in [2.75, 3.05) is 25.4 Å². The zero-order valence-corrected chi connectivity index (χ0v) is 12.0. The zero-order chi connectivity index (χ0) is 13.9. The van der Waals surface area contributed by atoms with Gasteiger partial charge in [-0.25, -0.2) is 12.8 Å². The van der Waals surface area contributed by atoms with Crippen molar-refractivity contribution in [3.63, 3.8) is 0 Å². The fraction of sp³-hybridized carbons (Fsp3) is 0.571. The van der Waals surface area contributed by atoms with Crippen LogP contribution < -0.4 is 0 Å². The smallest absolute Gasteiger partial charge is 0.154 e. The van der Waals surface area contributed by atoms with Crippen LogP contribution in [0.5, 0.6) is 0 Å². The summed E-state index contributed by atoms with van der Waals surface area (Å²) in [5.74, 6) is 0.0316. The third-order valence-corrected chi connectivity index (χ3v) is 6.03. The molecule has 0 N–H and O–H groups in total. The Kier molecular flexibility index (Phi) is 4.58. The van der Waals surface area contributed by atoms with Gasteiger partial charge in [0.15, 0.2) is 9.84 Å². The van der Waals surface area contributed by atoms with Crippen LogP contribution in [0.1, 0.15) is 18.9 Å². The number of hydrogen-bond donors (Lipinski definition) is 0. The van der Waals surface area contributed by atoms with E-state index in [4.69, 9.17) is 0 Å². The predicted octanol–water partition coefficient (Wildman–Crippen LogP) is 1.88. The second-order valence-electron chi connectivity index (χ2n) is 5.15. The average Bonchev–Trinajstić information content (AvgIpc) is 2.50. The molecule has 19 heavy (non-hydrogen) atoms. The summed E-state index contributed by atoms with van der Waals surface area (Å²) < 4.78 is 37.1. The second kappa shape index (κ2) is 6.01. The summed E-state index contributed by atoms with van der Waals surface area (Å²) in [5, 5.41) is -0.258. The van der Waals surface area contributed by atoms with E-state index in [-0.39, 0.29) is 16.8 Å². The van der Waals surface area contributed by atoms with E-state index in [9.17, 15) is 12.8 Å². The van der Waals surface area contributed by atoms with Crippen LogP contribution >= 0.6 is 0 Å². The maximum Gasteiger partial charge on any atom is 0.154 e. The van der Waals surface area contributed by atoms with E-state index >= 15 is 0 Å².